The molecule has 0 aliphatic heterocycles. The Kier molecular flexibility index (Phi) is 12.5. The molecular formula is C37H41Cl2N3O4S. The summed E-state index contributed by atoms with van der Waals surface area (Å²) in [5, 5.41) is 3.66. The smallest absolute Gasteiger partial charge is 0.264 e. The maximum absolute atomic E-state index is 14.7. The van der Waals surface area contributed by atoms with Crippen molar-refractivity contribution in [1.29, 1.82) is 0 Å². The lowest BCUT2D eigenvalue weighted by molar-refractivity contribution is -0.140. The summed E-state index contributed by atoms with van der Waals surface area (Å²) in [6, 6.07) is 25.4. The van der Waals surface area contributed by atoms with Crippen molar-refractivity contribution in [1.82, 2.24) is 10.2 Å². The van der Waals surface area contributed by atoms with Crippen LogP contribution in [0, 0.1) is 20.8 Å². The van der Waals surface area contributed by atoms with Crippen LogP contribution < -0.4 is 9.62 Å². The first-order chi connectivity index (χ1) is 22.4. The summed E-state index contributed by atoms with van der Waals surface area (Å²) < 4.78 is 29.8. The lowest BCUT2D eigenvalue weighted by Crippen LogP contribution is -2.53. The molecule has 0 aromatic heterocycles. The first-order valence-electron chi connectivity index (χ1n) is 15.6. The number of carbonyl (C=O) groups excluding carboxylic acids is 2. The number of nitrogens with one attached hydrogen (secondary N) is 1. The molecule has 47 heavy (non-hydrogen) atoms. The Morgan fingerprint density at radius 1 is 0.830 bits per heavy atom. The lowest BCUT2D eigenvalue weighted by Gasteiger charge is -2.34. The summed E-state index contributed by atoms with van der Waals surface area (Å²) in [4.78, 5) is 30.1. The molecular weight excluding hydrogens is 653 g/mol. The number of halogens is 2. The Bertz CT molecular complexity index is 1800. The van der Waals surface area contributed by atoms with E-state index < -0.39 is 28.5 Å². The molecule has 0 radical (unpaired) electrons. The molecule has 0 bridgehead atoms. The summed E-state index contributed by atoms with van der Waals surface area (Å²) in [5.41, 5.74) is 4.40. The van der Waals surface area contributed by atoms with E-state index in [1.807, 2.05) is 64.1 Å². The summed E-state index contributed by atoms with van der Waals surface area (Å²) in [7, 11) is -4.20. The fourth-order valence-electron chi connectivity index (χ4n) is 5.25. The van der Waals surface area contributed by atoms with Crippen LogP contribution in [0.4, 0.5) is 5.69 Å². The normalized spacial score (nSPS) is 12.0. The Balaban J connectivity index is 1.83. The number of benzene rings is 4. The first-order valence-corrected chi connectivity index (χ1v) is 17.8. The van der Waals surface area contributed by atoms with Crippen molar-refractivity contribution >= 4 is 50.7 Å². The predicted octanol–water partition coefficient (Wildman–Crippen LogP) is 7.67. The summed E-state index contributed by atoms with van der Waals surface area (Å²) in [5.74, 6) is -0.866. The molecule has 2 amide bonds. The minimum atomic E-state index is -4.20. The third-order valence-corrected chi connectivity index (χ3v) is 10.7. The number of carbonyl (C=O) groups is 2. The van der Waals surface area contributed by atoms with E-state index in [4.69, 9.17) is 23.2 Å². The second kappa shape index (κ2) is 16.3. The molecule has 1 N–H and O–H groups in total. The van der Waals surface area contributed by atoms with Gasteiger partial charge < -0.3 is 10.2 Å². The molecule has 0 aliphatic rings. The van der Waals surface area contributed by atoms with Gasteiger partial charge in [-0.1, -0.05) is 103 Å². The van der Waals surface area contributed by atoms with Crippen molar-refractivity contribution in [2.45, 2.75) is 64.4 Å². The van der Waals surface area contributed by atoms with Gasteiger partial charge in [0.1, 0.15) is 12.6 Å². The lowest BCUT2D eigenvalue weighted by atomic mass is 10.0. The van der Waals surface area contributed by atoms with Gasteiger partial charge in [-0.3, -0.25) is 13.9 Å². The van der Waals surface area contributed by atoms with E-state index in [1.54, 1.807) is 54.6 Å². The number of nitrogens with zero attached hydrogens (tertiary/aromatic N) is 2. The average Bonchev–Trinajstić information content (AvgIpc) is 3.05. The van der Waals surface area contributed by atoms with Crippen molar-refractivity contribution in [3.8, 4) is 0 Å². The van der Waals surface area contributed by atoms with Crippen molar-refractivity contribution in [2.24, 2.45) is 0 Å². The van der Waals surface area contributed by atoms with Crippen LogP contribution in [0.15, 0.2) is 95.9 Å². The molecule has 0 fully saturated rings. The van der Waals surface area contributed by atoms with Crippen LogP contribution in [0.3, 0.4) is 0 Å². The zero-order chi connectivity index (χ0) is 34.1. The van der Waals surface area contributed by atoms with Gasteiger partial charge in [0.15, 0.2) is 0 Å². The van der Waals surface area contributed by atoms with Gasteiger partial charge in [-0.15, -0.1) is 0 Å². The summed E-state index contributed by atoms with van der Waals surface area (Å²) in [6.45, 7) is 7.55. The van der Waals surface area contributed by atoms with Gasteiger partial charge in [0.25, 0.3) is 10.0 Å². The van der Waals surface area contributed by atoms with E-state index in [9.17, 15) is 18.0 Å². The largest absolute Gasteiger partial charge is 0.354 e. The molecule has 0 saturated heterocycles. The zero-order valence-electron chi connectivity index (χ0n) is 27.2. The Morgan fingerprint density at radius 3 is 2.19 bits per heavy atom. The molecule has 248 valence electrons. The van der Waals surface area contributed by atoms with Crippen LogP contribution in [0.2, 0.25) is 10.0 Å². The fourth-order valence-corrected chi connectivity index (χ4v) is 7.04. The summed E-state index contributed by atoms with van der Waals surface area (Å²) >= 11 is 12.6. The van der Waals surface area contributed by atoms with Gasteiger partial charge in [-0.05, 0) is 79.8 Å². The molecule has 0 aliphatic carbocycles. The highest BCUT2D eigenvalue weighted by Gasteiger charge is 2.35. The van der Waals surface area contributed by atoms with E-state index in [0.29, 0.717) is 27.8 Å². The highest BCUT2D eigenvalue weighted by atomic mass is 35.5. The van der Waals surface area contributed by atoms with Gasteiger partial charge in [0, 0.05) is 19.5 Å². The number of rotatable bonds is 14. The van der Waals surface area contributed by atoms with Crippen molar-refractivity contribution in [3.05, 3.63) is 129 Å². The van der Waals surface area contributed by atoms with E-state index in [1.165, 1.54) is 4.90 Å². The topological polar surface area (TPSA) is 86.8 Å². The minimum Gasteiger partial charge on any atom is -0.354 e. The number of sulfonamides is 1. The highest BCUT2D eigenvalue weighted by molar-refractivity contribution is 7.92. The minimum absolute atomic E-state index is 0.000358. The van der Waals surface area contributed by atoms with Crippen molar-refractivity contribution in [3.63, 3.8) is 0 Å². The van der Waals surface area contributed by atoms with Gasteiger partial charge in [0.2, 0.25) is 11.8 Å². The third kappa shape index (κ3) is 9.15. The van der Waals surface area contributed by atoms with Gasteiger partial charge in [0.05, 0.1) is 20.6 Å². The molecule has 4 aromatic rings. The average molecular weight is 695 g/mol. The quantitative estimate of drug-likeness (QED) is 0.137. The van der Waals surface area contributed by atoms with E-state index in [-0.39, 0.29) is 23.8 Å². The fraction of sp³-hybridized carbons (Fsp3) is 0.297. The molecule has 1 unspecified atom stereocenters. The standard InChI is InChI=1S/C37H41Cl2N3O4S/c1-5-6-21-40-37(44)35(23-29-12-8-7-9-13-29)41(24-30-17-20-32(38)33(39)22-30)36(43)25-42(34-14-10-11-27(3)28(34)4)47(45,46)31-18-15-26(2)16-19-31/h7-20,22,35H,5-6,21,23-25H2,1-4H3,(H,40,44). The van der Waals surface area contributed by atoms with Crippen LogP contribution in [0.5, 0.6) is 0 Å². The molecule has 0 saturated carbocycles. The Morgan fingerprint density at radius 2 is 1.53 bits per heavy atom. The van der Waals surface area contributed by atoms with E-state index >= 15 is 0 Å². The number of anilines is 1. The maximum Gasteiger partial charge on any atom is 0.264 e. The van der Waals surface area contributed by atoms with Crippen LogP contribution in [-0.2, 0) is 32.6 Å². The molecule has 4 aromatic carbocycles. The number of amides is 2. The van der Waals surface area contributed by atoms with Crippen molar-refractivity contribution < 1.29 is 18.0 Å². The second-order valence-electron chi connectivity index (χ2n) is 11.7. The zero-order valence-corrected chi connectivity index (χ0v) is 29.5. The Labute approximate surface area is 288 Å². The number of hydrogen-bond acceptors (Lipinski definition) is 4. The first kappa shape index (κ1) is 36.0. The van der Waals surface area contributed by atoms with Gasteiger partial charge >= 0.3 is 0 Å². The molecule has 7 nitrogen and oxygen atoms in total. The molecule has 10 heteroatoms. The van der Waals surface area contributed by atoms with Crippen LogP contribution in [-0.4, -0.2) is 44.3 Å². The molecule has 4 rings (SSSR count). The van der Waals surface area contributed by atoms with E-state index in [2.05, 4.69) is 5.32 Å². The van der Waals surface area contributed by atoms with Gasteiger partial charge in [-0.2, -0.15) is 0 Å². The predicted molar refractivity (Wildman–Crippen MR) is 190 cm³/mol. The van der Waals surface area contributed by atoms with Gasteiger partial charge in [-0.25, -0.2) is 8.42 Å². The van der Waals surface area contributed by atoms with E-state index in [0.717, 1.165) is 39.4 Å². The van der Waals surface area contributed by atoms with Crippen LogP contribution >= 0.6 is 23.2 Å². The molecule has 1 atom stereocenters. The van der Waals surface area contributed by atoms with Crippen molar-refractivity contribution in [2.75, 3.05) is 17.4 Å². The monoisotopic (exact) mass is 693 g/mol. The molecule has 0 spiro atoms. The number of unbranched alkanes of at least 4 members (excludes halogenated alkanes) is 1. The highest BCUT2D eigenvalue weighted by Crippen LogP contribution is 2.30. The Hall–Kier alpha value is -3.85. The van der Waals surface area contributed by atoms with Crippen LogP contribution in [0.1, 0.15) is 47.6 Å². The summed E-state index contributed by atoms with van der Waals surface area (Å²) in [6.07, 6.45) is 1.89. The molecule has 0 heterocycles. The third-order valence-electron chi connectivity index (χ3n) is 8.17. The number of aryl methyl sites for hydroxylation is 2. The maximum atomic E-state index is 14.7. The SMILES string of the molecule is CCCCNC(=O)C(Cc1ccccc1)N(Cc1ccc(Cl)c(Cl)c1)C(=O)CN(c1cccc(C)c1C)S(=O)(=O)c1ccc(C)cc1. The second-order valence-corrected chi connectivity index (χ2v) is 14.3. The van der Waals surface area contributed by atoms with Crippen LogP contribution in [0.25, 0.3) is 0 Å². The number of hydrogen-bond donors (Lipinski definition) is 1.